The molecule has 1 saturated heterocycles. The lowest BCUT2D eigenvalue weighted by atomic mass is 9.87. The van der Waals surface area contributed by atoms with Crippen molar-refractivity contribution < 1.29 is 14.7 Å². The average Bonchev–Trinajstić information content (AvgIpc) is 3.26. The van der Waals surface area contributed by atoms with Crippen molar-refractivity contribution in [3.05, 3.63) is 53.7 Å². The van der Waals surface area contributed by atoms with Gasteiger partial charge in [-0.3, -0.25) is 9.59 Å². The van der Waals surface area contributed by atoms with E-state index in [1.165, 1.54) is 0 Å². The van der Waals surface area contributed by atoms with Crippen molar-refractivity contribution >= 4 is 34.3 Å². The number of nitriles is 1. The third kappa shape index (κ3) is 4.89. The number of carboxylic acid groups (broad SMARTS) is 1. The van der Waals surface area contributed by atoms with Crippen LogP contribution in [0.2, 0.25) is 0 Å². The Morgan fingerprint density at radius 2 is 1.78 bits per heavy atom. The molecule has 0 radical (unpaired) electrons. The van der Waals surface area contributed by atoms with Crippen molar-refractivity contribution in [2.75, 3.05) is 43.0 Å². The molecule has 37 heavy (non-hydrogen) atoms. The van der Waals surface area contributed by atoms with Crippen LogP contribution >= 0.6 is 0 Å². The van der Waals surface area contributed by atoms with E-state index < -0.39 is 11.9 Å². The number of benzene rings is 1. The molecule has 1 unspecified atom stereocenters. The number of hydrogen-bond donors (Lipinski definition) is 2. The van der Waals surface area contributed by atoms with Crippen LogP contribution in [0.25, 0.3) is 11.0 Å². The van der Waals surface area contributed by atoms with Crippen LogP contribution in [0.1, 0.15) is 48.1 Å². The number of carboxylic acids is 1. The second kappa shape index (κ2) is 10.2. The molecular formula is C28H32N6O3. The molecule has 2 aliphatic rings. The maximum atomic E-state index is 12.4. The summed E-state index contributed by atoms with van der Waals surface area (Å²) in [4.78, 5) is 33.0. The quantitative estimate of drug-likeness (QED) is 0.452. The largest absolute Gasteiger partial charge is 0.481 e. The van der Waals surface area contributed by atoms with Gasteiger partial charge in [-0.25, -0.2) is 4.98 Å². The highest BCUT2D eigenvalue weighted by Gasteiger charge is 2.31. The minimum absolute atomic E-state index is 0.000756. The molecular weight excluding hydrogens is 468 g/mol. The smallest absolute Gasteiger partial charge is 0.306 e. The topological polar surface area (TPSA) is 114 Å². The fourth-order valence-corrected chi connectivity index (χ4v) is 5.24. The van der Waals surface area contributed by atoms with Gasteiger partial charge in [0.25, 0.3) is 0 Å². The number of aliphatic carboxylic acids is 1. The highest BCUT2D eigenvalue weighted by Crippen LogP contribution is 2.36. The van der Waals surface area contributed by atoms with Crippen LogP contribution in [0.3, 0.4) is 0 Å². The third-order valence-electron chi connectivity index (χ3n) is 7.77. The van der Waals surface area contributed by atoms with Gasteiger partial charge in [0.1, 0.15) is 17.5 Å². The van der Waals surface area contributed by atoms with E-state index in [1.54, 1.807) is 19.1 Å². The molecule has 1 aliphatic heterocycles. The zero-order chi connectivity index (χ0) is 26.1. The summed E-state index contributed by atoms with van der Waals surface area (Å²) >= 11 is 0. The Morgan fingerprint density at radius 1 is 1.11 bits per heavy atom. The third-order valence-corrected chi connectivity index (χ3v) is 7.77. The molecule has 2 N–H and O–H groups in total. The van der Waals surface area contributed by atoms with E-state index in [-0.39, 0.29) is 12.2 Å². The van der Waals surface area contributed by atoms with Crippen molar-refractivity contribution in [2.45, 2.75) is 38.3 Å². The van der Waals surface area contributed by atoms with Crippen LogP contribution in [-0.4, -0.2) is 65.7 Å². The molecule has 5 rings (SSSR count). The number of fused-ring (bicyclic) bond motifs is 1. The summed E-state index contributed by atoms with van der Waals surface area (Å²) in [6.07, 6.45) is 4.03. The number of nitrogens with one attached hydrogen (secondary N) is 1. The molecule has 9 nitrogen and oxygen atoms in total. The zero-order valence-electron chi connectivity index (χ0n) is 21.2. The van der Waals surface area contributed by atoms with Gasteiger partial charge in [0.2, 0.25) is 0 Å². The molecule has 1 aromatic carbocycles. The summed E-state index contributed by atoms with van der Waals surface area (Å²) in [5.41, 5.74) is 3.14. The van der Waals surface area contributed by atoms with Gasteiger partial charge in [0.05, 0.1) is 11.5 Å². The second-order valence-corrected chi connectivity index (χ2v) is 10.1. The van der Waals surface area contributed by atoms with Crippen molar-refractivity contribution in [3.63, 3.8) is 0 Å². The number of carbonyl (C=O) groups is 2. The Hall–Kier alpha value is -3.90. The van der Waals surface area contributed by atoms with Gasteiger partial charge < -0.3 is 24.8 Å². The number of anilines is 2. The summed E-state index contributed by atoms with van der Waals surface area (Å²) < 4.78 is 2.18. The number of Topliss-reactive ketones (excluding diaryl/α,β-unsaturated/α-hetero) is 1. The Labute approximate surface area is 216 Å². The van der Waals surface area contributed by atoms with Crippen LogP contribution in [0.5, 0.6) is 0 Å². The molecule has 9 heteroatoms. The van der Waals surface area contributed by atoms with Crippen LogP contribution in [-0.2, 0) is 4.79 Å². The van der Waals surface area contributed by atoms with Gasteiger partial charge in [-0.1, -0.05) is 6.92 Å². The number of hydrogen-bond acceptors (Lipinski definition) is 7. The lowest BCUT2D eigenvalue weighted by Gasteiger charge is -2.37. The van der Waals surface area contributed by atoms with Gasteiger partial charge >= 0.3 is 5.97 Å². The van der Waals surface area contributed by atoms with E-state index in [0.29, 0.717) is 23.2 Å². The van der Waals surface area contributed by atoms with Crippen LogP contribution < -0.4 is 15.1 Å². The first-order chi connectivity index (χ1) is 17.9. The Morgan fingerprint density at radius 3 is 2.41 bits per heavy atom. The number of ketones is 1. The molecule has 1 aliphatic carbocycles. The first kappa shape index (κ1) is 24.8. The fourth-order valence-electron chi connectivity index (χ4n) is 5.24. The normalized spacial score (nSPS) is 20.4. The Balaban J connectivity index is 1.25. The summed E-state index contributed by atoms with van der Waals surface area (Å²) in [6.45, 7) is 4.81. The van der Waals surface area contributed by atoms with E-state index in [4.69, 9.17) is 10.1 Å². The van der Waals surface area contributed by atoms with E-state index in [0.717, 1.165) is 61.6 Å². The van der Waals surface area contributed by atoms with Crippen LogP contribution in [0.4, 0.5) is 11.5 Å². The highest BCUT2D eigenvalue weighted by molar-refractivity contribution is 5.98. The Bertz CT molecular complexity index is 1340. The fraction of sp³-hybridized carbons (Fsp3) is 0.429. The summed E-state index contributed by atoms with van der Waals surface area (Å²) in [5, 5.41) is 22.9. The first-order valence-electron chi connectivity index (χ1n) is 12.8. The number of piperazine rings is 1. The van der Waals surface area contributed by atoms with Crippen LogP contribution in [0, 0.1) is 17.2 Å². The maximum Gasteiger partial charge on any atom is 0.306 e. The van der Waals surface area contributed by atoms with E-state index in [1.807, 2.05) is 37.5 Å². The van der Waals surface area contributed by atoms with Crippen molar-refractivity contribution in [2.24, 2.45) is 5.92 Å². The van der Waals surface area contributed by atoms with Crippen molar-refractivity contribution in [1.82, 2.24) is 14.9 Å². The molecule has 0 bridgehead atoms. The number of aromatic nitrogens is 2. The standard InChI is InChI=1S/C28H32N6O3/c1-18(28(36)37)13-25(35)19-3-5-22(6-4-19)32-9-11-33(12-10-32)26-8-7-24-20(16-29)17-34(27(24)31-26)23-14-21(15-23)30-2/h3-8,17-18,21,23,30H,9-15H2,1-2H3,(H,36,37)/t18?,21-,23-. The van der Waals surface area contributed by atoms with Crippen molar-refractivity contribution in [1.29, 1.82) is 5.26 Å². The van der Waals surface area contributed by atoms with E-state index in [9.17, 15) is 14.9 Å². The molecule has 0 amide bonds. The summed E-state index contributed by atoms with van der Waals surface area (Å²) in [6, 6.07) is 14.7. The molecule has 3 heterocycles. The Kier molecular flexibility index (Phi) is 6.85. The van der Waals surface area contributed by atoms with Gasteiger partial charge in [0.15, 0.2) is 5.78 Å². The lowest BCUT2D eigenvalue weighted by molar-refractivity contribution is -0.141. The predicted molar refractivity (Wildman–Crippen MR) is 142 cm³/mol. The van der Waals surface area contributed by atoms with Gasteiger partial charge in [-0.05, 0) is 56.3 Å². The van der Waals surface area contributed by atoms with Gasteiger partial charge in [-0.15, -0.1) is 0 Å². The minimum atomic E-state index is -0.958. The van der Waals surface area contributed by atoms with Gasteiger partial charge in [-0.2, -0.15) is 5.26 Å². The predicted octanol–water partition coefficient (Wildman–Crippen LogP) is 3.45. The molecule has 1 atom stereocenters. The lowest BCUT2D eigenvalue weighted by Crippen LogP contribution is -2.46. The molecule has 2 fully saturated rings. The molecule has 1 saturated carbocycles. The number of carbonyl (C=O) groups excluding carboxylic acids is 1. The minimum Gasteiger partial charge on any atom is -0.481 e. The number of pyridine rings is 1. The van der Waals surface area contributed by atoms with E-state index in [2.05, 4.69) is 25.8 Å². The molecule has 2 aromatic heterocycles. The number of rotatable bonds is 8. The highest BCUT2D eigenvalue weighted by atomic mass is 16.4. The average molecular weight is 501 g/mol. The molecule has 3 aromatic rings. The van der Waals surface area contributed by atoms with Crippen LogP contribution in [0.15, 0.2) is 42.6 Å². The molecule has 0 spiro atoms. The maximum absolute atomic E-state index is 12.4. The summed E-state index contributed by atoms with van der Waals surface area (Å²) in [5.74, 6) is -0.878. The zero-order valence-corrected chi connectivity index (χ0v) is 21.2. The molecule has 192 valence electrons. The first-order valence-corrected chi connectivity index (χ1v) is 12.8. The SMILES string of the molecule is CN[C@H]1C[C@H](n2cc(C#N)c3ccc(N4CCN(c5ccc(C(=O)CC(C)C(=O)O)cc5)CC4)nc32)C1. The summed E-state index contributed by atoms with van der Waals surface area (Å²) in [7, 11) is 1.99. The monoisotopic (exact) mass is 500 g/mol. The van der Waals surface area contributed by atoms with Gasteiger partial charge in [0, 0.05) is 67.5 Å². The van der Waals surface area contributed by atoms with E-state index >= 15 is 0 Å². The van der Waals surface area contributed by atoms with Crippen molar-refractivity contribution in [3.8, 4) is 6.07 Å². The number of nitrogens with zero attached hydrogens (tertiary/aromatic N) is 5. The second-order valence-electron chi connectivity index (χ2n) is 10.1.